The number of aromatic nitrogens is 3. The van der Waals surface area contributed by atoms with E-state index in [4.69, 9.17) is 4.74 Å². The predicted octanol–water partition coefficient (Wildman–Crippen LogP) is 2.37. The topological polar surface area (TPSA) is 106 Å². The lowest BCUT2D eigenvalue weighted by molar-refractivity contribution is -0.120. The fraction of sp³-hybridized carbons (Fsp3) is 0.318. The number of carbonyl (C=O) groups is 1. The Kier molecular flexibility index (Phi) is 6.52. The molecule has 9 nitrogen and oxygen atoms in total. The Hall–Kier alpha value is -3.24. The molecule has 1 fully saturated rings. The number of amides is 1. The molecule has 0 bridgehead atoms. The van der Waals surface area contributed by atoms with Gasteiger partial charge in [-0.3, -0.25) is 10.1 Å². The Morgan fingerprint density at radius 2 is 1.91 bits per heavy atom. The molecule has 0 radical (unpaired) electrons. The molecule has 2 heterocycles. The first kappa shape index (κ1) is 22.0. The normalized spacial score (nSPS) is 17.1. The zero-order chi connectivity index (χ0) is 22.6. The average Bonchev–Trinajstić information content (AvgIpc) is 3.26. The molecular weight excluding hydrogens is 430 g/mol. The molecule has 2 aromatic carbocycles. The highest BCUT2D eigenvalue weighted by Gasteiger charge is 2.33. The second-order valence-corrected chi connectivity index (χ2v) is 9.56. The van der Waals surface area contributed by atoms with E-state index in [9.17, 15) is 13.2 Å². The molecule has 1 aromatic heterocycles. The molecule has 10 heteroatoms. The summed E-state index contributed by atoms with van der Waals surface area (Å²) in [6.45, 7) is 1.04. The smallest absolute Gasteiger partial charge is 0.248 e. The van der Waals surface area contributed by atoms with Crippen LogP contribution >= 0.6 is 0 Å². The standard InChI is InChI=1S/C22H25N5O4S/c1-31-19-9-11-20(12-10-19)32(29,30)27-13-5-8-18(15-27)21(28)24-22-23-16-26(25-22)14-17-6-3-2-4-7-17/h2-4,6-7,9-12,16,18H,5,8,13-15H2,1H3,(H,24,25,28). The van der Waals surface area contributed by atoms with Crippen LogP contribution in [0, 0.1) is 5.92 Å². The summed E-state index contributed by atoms with van der Waals surface area (Å²) in [5.41, 5.74) is 1.07. The highest BCUT2D eigenvalue weighted by Crippen LogP contribution is 2.25. The molecule has 1 aliphatic heterocycles. The third-order valence-corrected chi connectivity index (χ3v) is 7.29. The molecule has 1 amide bonds. The summed E-state index contributed by atoms with van der Waals surface area (Å²) >= 11 is 0. The first-order valence-corrected chi connectivity index (χ1v) is 11.8. The molecular formula is C22H25N5O4S. The second-order valence-electron chi connectivity index (χ2n) is 7.62. The Balaban J connectivity index is 1.39. The molecule has 1 saturated heterocycles. The zero-order valence-electron chi connectivity index (χ0n) is 17.7. The van der Waals surface area contributed by atoms with Gasteiger partial charge in [0.05, 0.1) is 24.5 Å². The minimum Gasteiger partial charge on any atom is -0.497 e. The number of benzene rings is 2. The maximum Gasteiger partial charge on any atom is 0.248 e. The maximum atomic E-state index is 13.0. The van der Waals surface area contributed by atoms with Crippen molar-refractivity contribution in [3.63, 3.8) is 0 Å². The molecule has 0 spiro atoms. The van der Waals surface area contributed by atoms with Crippen LogP contribution in [-0.2, 0) is 21.4 Å². The summed E-state index contributed by atoms with van der Waals surface area (Å²) in [6.07, 6.45) is 2.76. The summed E-state index contributed by atoms with van der Waals surface area (Å²) in [4.78, 5) is 17.1. The predicted molar refractivity (Wildman–Crippen MR) is 119 cm³/mol. The van der Waals surface area contributed by atoms with Gasteiger partial charge in [0.15, 0.2) is 0 Å². The number of rotatable bonds is 7. The lowest BCUT2D eigenvalue weighted by Gasteiger charge is -2.31. The largest absolute Gasteiger partial charge is 0.497 e. The number of nitrogens with one attached hydrogen (secondary N) is 1. The molecule has 168 valence electrons. The summed E-state index contributed by atoms with van der Waals surface area (Å²) in [5.74, 6) is 0.0371. The lowest BCUT2D eigenvalue weighted by Crippen LogP contribution is -2.43. The summed E-state index contributed by atoms with van der Waals surface area (Å²) in [6, 6.07) is 16.1. The van der Waals surface area contributed by atoms with Gasteiger partial charge in [-0.1, -0.05) is 30.3 Å². The van der Waals surface area contributed by atoms with Gasteiger partial charge in [0.25, 0.3) is 0 Å². The number of piperidine rings is 1. The molecule has 4 rings (SSSR count). The van der Waals surface area contributed by atoms with Crippen molar-refractivity contribution >= 4 is 21.9 Å². The van der Waals surface area contributed by atoms with Gasteiger partial charge in [0, 0.05) is 13.1 Å². The number of carbonyl (C=O) groups excluding carboxylic acids is 1. The zero-order valence-corrected chi connectivity index (χ0v) is 18.5. The van der Waals surface area contributed by atoms with Crippen molar-refractivity contribution in [1.82, 2.24) is 19.1 Å². The van der Waals surface area contributed by atoms with E-state index >= 15 is 0 Å². The number of ether oxygens (including phenoxy) is 1. The van der Waals surface area contributed by atoms with E-state index in [1.54, 1.807) is 23.1 Å². The molecule has 32 heavy (non-hydrogen) atoms. The Morgan fingerprint density at radius 3 is 2.62 bits per heavy atom. The fourth-order valence-electron chi connectivity index (χ4n) is 3.68. The molecule has 0 saturated carbocycles. The first-order valence-electron chi connectivity index (χ1n) is 10.3. The van der Waals surface area contributed by atoms with Crippen molar-refractivity contribution in [1.29, 1.82) is 0 Å². The lowest BCUT2D eigenvalue weighted by atomic mass is 9.99. The van der Waals surface area contributed by atoms with Gasteiger partial charge in [-0.2, -0.15) is 4.31 Å². The van der Waals surface area contributed by atoms with Crippen LogP contribution in [0.4, 0.5) is 5.95 Å². The number of sulfonamides is 1. The van der Waals surface area contributed by atoms with Crippen molar-refractivity contribution in [2.75, 3.05) is 25.5 Å². The highest BCUT2D eigenvalue weighted by molar-refractivity contribution is 7.89. The Labute approximate surface area is 187 Å². The van der Waals surface area contributed by atoms with E-state index in [-0.39, 0.29) is 23.3 Å². The van der Waals surface area contributed by atoms with Crippen LogP contribution in [0.25, 0.3) is 0 Å². The van der Waals surface area contributed by atoms with Crippen molar-refractivity contribution in [3.05, 3.63) is 66.5 Å². The van der Waals surface area contributed by atoms with Crippen molar-refractivity contribution < 1.29 is 17.9 Å². The van der Waals surface area contributed by atoms with Crippen molar-refractivity contribution in [3.8, 4) is 5.75 Å². The van der Waals surface area contributed by atoms with Crippen LogP contribution in [0.15, 0.2) is 65.8 Å². The van der Waals surface area contributed by atoms with E-state index in [0.717, 1.165) is 5.56 Å². The van der Waals surface area contributed by atoms with Gasteiger partial charge < -0.3 is 4.74 Å². The summed E-state index contributed by atoms with van der Waals surface area (Å²) in [5, 5.41) is 7.03. The van der Waals surface area contributed by atoms with E-state index in [0.29, 0.717) is 31.7 Å². The number of anilines is 1. The minimum atomic E-state index is -3.69. The van der Waals surface area contributed by atoms with E-state index in [1.165, 1.54) is 23.5 Å². The minimum absolute atomic E-state index is 0.116. The van der Waals surface area contributed by atoms with Crippen LogP contribution in [0.1, 0.15) is 18.4 Å². The first-order chi connectivity index (χ1) is 15.5. The van der Waals surface area contributed by atoms with E-state index in [2.05, 4.69) is 15.4 Å². The van der Waals surface area contributed by atoms with E-state index < -0.39 is 15.9 Å². The Bertz CT molecular complexity index is 1160. The van der Waals surface area contributed by atoms with Gasteiger partial charge in [0.1, 0.15) is 12.1 Å². The quantitative estimate of drug-likeness (QED) is 0.586. The second kappa shape index (κ2) is 9.49. The van der Waals surface area contributed by atoms with Crippen LogP contribution in [0.5, 0.6) is 5.75 Å². The van der Waals surface area contributed by atoms with Crippen LogP contribution in [0.3, 0.4) is 0 Å². The van der Waals surface area contributed by atoms with Gasteiger partial charge in [0.2, 0.25) is 21.9 Å². The van der Waals surface area contributed by atoms with Gasteiger partial charge in [-0.15, -0.1) is 5.10 Å². The fourth-order valence-corrected chi connectivity index (χ4v) is 5.21. The maximum absolute atomic E-state index is 13.0. The SMILES string of the molecule is COc1ccc(S(=O)(=O)N2CCCC(C(=O)Nc3ncn(Cc4ccccc4)n3)C2)cc1. The average molecular weight is 456 g/mol. The molecule has 1 atom stereocenters. The van der Waals surface area contributed by atoms with Gasteiger partial charge in [-0.25, -0.2) is 18.1 Å². The Morgan fingerprint density at radius 1 is 1.16 bits per heavy atom. The number of hydrogen-bond acceptors (Lipinski definition) is 6. The summed E-state index contributed by atoms with van der Waals surface area (Å²) in [7, 11) is -2.17. The van der Waals surface area contributed by atoms with Crippen molar-refractivity contribution in [2.45, 2.75) is 24.3 Å². The monoisotopic (exact) mass is 455 g/mol. The molecule has 1 unspecified atom stereocenters. The van der Waals surface area contributed by atoms with E-state index in [1.807, 2.05) is 30.3 Å². The van der Waals surface area contributed by atoms with Crippen LogP contribution in [0.2, 0.25) is 0 Å². The van der Waals surface area contributed by atoms with Crippen LogP contribution in [-0.4, -0.2) is 53.6 Å². The number of nitrogens with zero attached hydrogens (tertiary/aromatic N) is 4. The number of hydrogen-bond donors (Lipinski definition) is 1. The molecule has 3 aromatic rings. The molecule has 0 aliphatic carbocycles. The van der Waals surface area contributed by atoms with Crippen LogP contribution < -0.4 is 10.1 Å². The molecule has 1 N–H and O–H groups in total. The summed E-state index contributed by atoms with van der Waals surface area (Å²) < 4.78 is 34.1. The third-order valence-electron chi connectivity index (χ3n) is 5.41. The van der Waals surface area contributed by atoms with Gasteiger partial charge in [-0.05, 0) is 42.7 Å². The third kappa shape index (κ3) is 4.97. The molecule has 1 aliphatic rings. The number of methoxy groups -OCH3 is 1. The highest BCUT2D eigenvalue weighted by atomic mass is 32.2. The van der Waals surface area contributed by atoms with Crippen molar-refractivity contribution in [2.24, 2.45) is 5.92 Å². The van der Waals surface area contributed by atoms with Gasteiger partial charge >= 0.3 is 0 Å².